The molecule has 4 unspecified atom stereocenters. The van der Waals surface area contributed by atoms with Crippen molar-refractivity contribution >= 4 is 64.7 Å². The van der Waals surface area contributed by atoms with Gasteiger partial charge >= 0.3 is 0 Å². The van der Waals surface area contributed by atoms with Crippen LogP contribution in [0.15, 0.2) is 23.8 Å². The van der Waals surface area contributed by atoms with Gasteiger partial charge in [-0.15, -0.1) is 0 Å². The molecule has 8 atom stereocenters. The van der Waals surface area contributed by atoms with Gasteiger partial charge in [0.25, 0.3) is 13.4 Å². The summed E-state index contributed by atoms with van der Waals surface area (Å²) in [5.41, 5.74) is 10.1. The molecule has 0 aromatic carbocycles. The standard InChI is InChI=1S/C21H34N10O18P4/c22-17-15-18(25-7-24-17)30(8-26-15)13(3-34)46-11(1-32)5-45-53(43,44)49-52(41,42)10-51(39,40)48-50(37,38)6-12(2-33)47-14(4-35)31-9-27-16-19(31)28-21(23)29-20(16)36/h7-9,11-14,32-35H,1-6,10H2,(H,37,38)(H,39,40)(H,41,42)(H,43,44)(H2,22,24,25)(H3,23,28,29,36)/p-4/t11-,12-,13+,14+/m0/s1. The fourth-order valence-electron chi connectivity index (χ4n) is 4.44. The average molecular weight is 834 g/mol. The molecule has 0 saturated heterocycles. The first kappa shape index (κ1) is 42.6. The van der Waals surface area contributed by atoms with Gasteiger partial charge in [-0.1, -0.05) is 0 Å². The van der Waals surface area contributed by atoms with E-state index in [1.165, 1.54) is 0 Å². The van der Waals surface area contributed by atoms with E-state index in [1.807, 2.05) is 0 Å². The van der Waals surface area contributed by atoms with Crippen LogP contribution in [0.25, 0.3) is 22.3 Å². The highest BCUT2D eigenvalue weighted by Crippen LogP contribution is 2.65. The third-order valence-electron chi connectivity index (χ3n) is 6.54. The summed E-state index contributed by atoms with van der Waals surface area (Å²) in [5.74, 6) is -2.72. The molecular formula is C21H30N10O18P4-4. The number of aliphatic hydroxyl groups is 4. The van der Waals surface area contributed by atoms with Crippen molar-refractivity contribution in [1.82, 2.24) is 39.0 Å². The molecule has 32 heteroatoms. The van der Waals surface area contributed by atoms with Gasteiger partial charge in [-0.25, -0.2) is 19.9 Å². The van der Waals surface area contributed by atoms with Crippen LogP contribution in [0.5, 0.6) is 0 Å². The van der Waals surface area contributed by atoms with Crippen LogP contribution in [0.4, 0.5) is 11.8 Å². The van der Waals surface area contributed by atoms with Crippen molar-refractivity contribution in [3.05, 3.63) is 29.3 Å². The van der Waals surface area contributed by atoms with Crippen molar-refractivity contribution in [3.63, 3.8) is 0 Å². The van der Waals surface area contributed by atoms with E-state index in [1.54, 1.807) is 0 Å². The number of nitrogens with two attached hydrogens (primary N) is 2. The molecule has 0 aliphatic rings. The molecule has 0 aliphatic heterocycles. The molecule has 0 radical (unpaired) electrons. The lowest BCUT2D eigenvalue weighted by atomic mass is 10.4. The van der Waals surface area contributed by atoms with Gasteiger partial charge in [-0.2, -0.15) is 4.98 Å². The summed E-state index contributed by atoms with van der Waals surface area (Å²) in [7, 11) is -23.8. The van der Waals surface area contributed by atoms with Crippen LogP contribution in [-0.2, 0) is 40.9 Å². The maximum atomic E-state index is 12.6. The fraction of sp³-hybridized carbons (Fsp3) is 0.524. The first-order valence-corrected chi connectivity index (χ1v) is 21.0. The number of hydrogen-bond acceptors (Lipinski definition) is 25. The Morgan fingerprint density at radius 1 is 0.755 bits per heavy atom. The van der Waals surface area contributed by atoms with Crippen molar-refractivity contribution < 1.29 is 80.9 Å². The molecule has 0 fully saturated rings. The second-order valence-electron chi connectivity index (χ2n) is 10.6. The minimum Gasteiger partial charge on any atom is -0.778 e. The number of fused-ring (bicyclic) bond motifs is 2. The molecule has 0 saturated carbocycles. The average Bonchev–Trinajstić information content (AvgIpc) is 3.67. The van der Waals surface area contributed by atoms with E-state index in [2.05, 4.69) is 43.0 Å². The summed E-state index contributed by atoms with van der Waals surface area (Å²) in [6.07, 6.45) is -4.70. The van der Waals surface area contributed by atoms with Gasteiger partial charge < -0.3 is 79.2 Å². The van der Waals surface area contributed by atoms with Crippen molar-refractivity contribution in [2.45, 2.75) is 24.7 Å². The predicted molar refractivity (Wildman–Crippen MR) is 167 cm³/mol. The Balaban J connectivity index is 1.35. The maximum Gasteiger partial charge on any atom is 0.280 e. The Bertz CT molecular complexity index is 2150. The molecule has 0 aliphatic carbocycles. The highest BCUT2D eigenvalue weighted by atomic mass is 31.3. The summed E-state index contributed by atoms with van der Waals surface area (Å²) in [6.45, 7) is -4.99. The lowest BCUT2D eigenvalue weighted by Crippen LogP contribution is -2.31. The van der Waals surface area contributed by atoms with Gasteiger partial charge in [-0.05, 0) is 0 Å². The second-order valence-corrected chi connectivity index (χ2v) is 18.2. The summed E-state index contributed by atoms with van der Waals surface area (Å²) in [6, 6.07) is 0. The molecule has 0 spiro atoms. The molecule has 4 rings (SSSR count). The number of H-pyrrole nitrogens is 1. The highest BCUT2D eigenvalue weighted by molar-refractivity contribution is 7.75. The van der Waals surface area contributed by atoms with Crippen LogP contribution >= 0.6 is 30.6 Å². The van der Waals surface area contributed by atoms with Crippen molar-refractivity contribution in [1.29, 1.82) is 0 Å². The van der Waals surface area contributed by atoms with E-state index in [0.717, 1.165) is 28.1 Å². The van der Waals surface area contributed by atoms with Gasteiger partial charge in [0.05, 0.1) is 57.7 Å². The van der Waals surface area contributed by atoms with Crippen LogP contribution in [0.2, 0.25) is 0 Å². The van der Waals surface area contributed by atoms with E-state index >= 15 is 0 Å². The smallest absolute Gasteiger partial charge is 0.280 e. The zero-order valence-electron chi connectivity index (χ0n) is 26.6. The Morgan fingerprint density at radius 3 is 1.92 bits per heavy atom. The third-order valence-corrected chi connectivity index (χ3v) is 14.4. The number of ether oxygens (including phenoxy) is 2. The van der Waals surface area contributed by atoms with Crippen LogP contribution in [0, 0.1) is 0 Å². The molecule has 53 heavy (non-hydrogen) atoms. The number of phosphoric ester groups is 1. The van der Waals surface area contributed by atoms with Crippen LogP contribution in [0.3, 0.4) is 0 Å². The van der Waals surface area contributed by atoms with E-state index in [-0.39, 0.29) is 34.1 Å². The van der Waals surface area contributed by atoms with E-state index in [4.69, 9.17) is 20.9 Å². The number of rotatable bonds is 21. The Labute approximate surface area is 295 Å². The van der Waals surface area contributed by atoms with Crippen LogP contribution in [-0.4, -0.2) is 117 Å². The first-order valence-electron chi connectivity index (χ1n) is 14.4. The van der Waals surface area contributed by atoms with Crippen molar-refractivity contribution in [3.8, 4) is 0 Å². The van der Waals surface area contributed by atoms with E-state index in [0.29, 0.717) is 0 Å². The van der Waals surface area contributed by atoms with Gasteiger partial charge in [0.2, 0.25) is 5.95 Å². The minimum absolute atomic E-state index is 0.0229. The van der Waals surface area contributed by atoms with Gasteiger partial charge in [0.1, 0.15) is 33.1 Å². The molecule has 28 nitrogen and oxygen atoms in total. The Morgan fingerprint density at radius 2 is 1.32 bits per heavy atom. The number of hydrogen-bond donors (Lipinski definition) is 7. The summed E-state index contributed by atoms with van der Waals surface area (Å²) >= 11 is 0. The monoisotopic (exact) mass is 834 g/mol. The topological polar surface area (TPSA) is 447 Å². The number of imidazole rings is 2. The second kappa shape index (κ2) is 17.1. The molecular weight excluding hydrogens is 804 g/mol. The summed E-state index contributed by atoms with van der Waals surface area (Å²) < 4.78 is 74.8. The van der Waals surface area contributed by atoms with E-state index in [9.17, 15) is 63.1 Å². The molecule has 0 bridgehead atoms. The Hall–Kier alpha value is -3.10. The largest absolute Gasteiger partial charge is 0.778 e. The normalized spacial score (nSPS) is 19.2. The predicted octanol–water partition coefficient (Wildman–Crippen LogP) is -5.00. The zero-order valence-corrected chi connectivity index (χ0v) is 30.1. The number of aromatic amines is 1. The summed E-state index contributed by atoms with van der Waals surface area (Å²) in [4.78, 5) is 83.1. The highest BCUT2D eigenvalue weighted by Gasteiger charge is 2.31. The quantitative estimate of drug-likeness (QED) is 0.0386. The van der Waals surface area contributed by atoms with Gasteiger partial charge in [0, 0.05) is 6.16 Å². The van der Waals surface area contributed by atoms with Gasteiger partial charge in [0.15, 0.2) is 42.7 Å². The number of nitrogens with one attached hydrogen (secondary N) is 1. The SMILES string of the molecule is Nc1nc2c(ncn2[C@@H](CO)O[C@@H](CO)CP(=O)([O-])OP(=O)([O-])CP(=O)([O-])OP(=O)([O-])OC[C@H](CO)O[C@H](CO)n2cnc3c(N)ncnc32)c(=O)[nH]1. The van der Waals surface area contributed by atoms with Crippen LogP contribution in [0.1, 0.15) is 12.5 Å². The number of nitrogens with zero attached hydrogens (tertiary/aromatic N) is 7. The molecule has 4 aromatic heterocycles. The number of phosphoric acid groups is 1. The van der Waals surface area contributed by atoms with Crippen molar-refractivity contribution in [2.75, 3.05) is 56.6 Å². The molecule has 9 N–H and O–H groups in total. The molecule has 4 aromatic rings. The molecule has 296 valence electrons. The zero-order chi connectivity index (χ0) is 39.4. The minimum atomic E-state index is -6.09. The Kier molecular flexibility index (Phi) is 13.8. The van der Waals surface area contributed by atoms with Crippen molar-refractivity contribution in [2.24, 2.45) is 0 Å². The van der Waals surface area contributed by atoms with Crippen LogP contribution < -0.4 is 36.6 Å². The van der Waals surface area contributed by atoms with Gasteiger partial charge in [-0.3, -0.25) is 32.1 Å². The number of aliphatic hydroxyl groups excluding tert-OH is 4. The fourth-order valence-corrected chi connectivity index (χ4v) is 11.7. The molecule has 4 heterocycles. The first-order chi connectivity index (χ1) is 24.7. The number of aromatic nitrogens is 8. The third kappa shape index (κ3) is 11.2. The number of anilines is 2. The lowest BCUT2D eigenvalue weighted by molar-refractivity contribution is -0.234. The molecule has 0 amide bonds. The number of nitrogen functional groups attached to an aromatic ring is 2. The van der Waals surface area contributed by atoms with E-state index < -0.39 is 106 Å². The maximum absolute atomic E-state index is 12.6. The summed E-state index contributed by atoms with van der Waals surface area (Å²) in [5, 5.41) is 38.9. The lowest BCUT2D eigenvalue weighted by Gasteiger charge is -2.38.